The first-order valence-corrected chi connectivity index (χ1v) is 13.0. The molecule has 0 spiro atoms. The van der Waals surface area contributed by atoms with Gasteiger partial charge >= 0.3 is 0 Å². The van der Waals surface area contributed by atoms with E-state index >= 15 is 0 Å². The molecule has 3 aromatic carbocycles. The number of hydrogen-bond acceptors (Lipinski definition) is 5. The second-order valence-electron chi connectivity index (χ2n) is 9.38. The predicted octanol–water partition coefficient (Wildman–Crippen LogP) is 5.13. The number of nitrogens with zero attached hydrogens (tertiary/aromatic N) is 1. The number of anilines is 1. The van der Waals surface area contributed by atoms with E-state index in [-0.39, 0.29) is 30.8 Å². The van der Waals surface area contributed by atoms with Gasteiger partial charge in [-0.25, -0.2) is 4.39 Å². The number of rotatable bonds is 11. The Labute approximate surface area is 222 Å². The number of carbonyl (C=O) groups is 2. The summed E-state index contributed by atoms with van der Waals surface area (Å²) in [4.78, 5) is 28.1. The fraction of sp³-hybridized carbons (Fsp3) is 0.333. The van der Waals surface area contributed by atoms with Gasteiger partial charge in [0.25, 0.3) is 0 Å². The summed E-state index contributed by atoms with van der Waals surface area (Å²) < 4.78 is 24.6. The first-order valence-electron chi connectivity index (χ1n) is 13.0. The second-order valence-corrected chi connectivity index (χ2v) is 9.38. The van der Waals surface area contributed by atoms with Crippen molar-refractivity contribution in [2.75, 3.05) is 31.6 Å². The summed E-state index contributed by atoms with van der Waals surface area (Å²) in [6.07, 6.45) is 4.53. The summed E-state index contributed by atoms with van der Waals surface area (Å²) in [5.74, 6) is 0.151. The number of benzene rings is 3. The molecule has 2 N–H and O–H groups in total. The van der Waals surface area contributed by atoms with Gasteiger partial charge in [-0.05, 0) is 80.0 Å². The van der Waals surface area contributed by atoms with E-state index in [4.69, 9.17) is 9.47 Å². The lowest BCUT2D eigenvalue weighted by atomic mass is 10.2. The molecule has 1 atom stereocenters. The first-order chi connectivity index (χ1) is 18.5. The molecule has 7 nitrogen and oxygen atoms in total. The number of hydrogen-bond donors (Lipinski definition) is 2. The summed E-state index contributed by atoms with van der Waals surface area (Å²) in [7, 11) is 0. The third-order valence-electron chi connectivity index (χ3n) is 6.28. The van der Waals surface area contributed by atoms with E-state index in [0.717, 1.165) is 31.5 Å². The van der Waals surface area contributed by atoms with Crippen molar-refractivity contribution >= 4 is 17.5 Å². The minimum Gasteiger partial charge on any atom is -0.457 e. The van der Waals surface area contributed by atoms with Crippen LogP contribution in [0.4, 0.5) is 10.1 Å². The van der Waals surface area contributed by atoms with Crippen molar-refractivity contribution < 1.29 is 23.5 Å². The van der Waals surface area contributed by atoms with Crippen molar-refractivity contribution in [3.8, 4) is 11.5 Å². The molecule has 3 aromatic rings. The van der Waals surface area contributed by atoms with Crippen LogP contribution in [0.5, 0.6) is 11.5 Å². The molecule has 0 aromatic heterocycles. The van der Waals surface area contributed by atoms with Crippen molar-refractivity contribution in [2.24, 2.45) is 0 Å². The van der Waals surface area contributed by atoms with Gasteiger partial charge in [0.15, 0.2) is 0 Å². The van der Waals surface area contributed by atoms with Crippen molar-refractivity contribution in [3.63, 3.8) is 0 Å². The Hall–Kier alpha value is -3.75. The highest BCUT2D eigenvalue weighted by Crippen LogP contribution is 2.23. The zero-order valence-electron chi connectivity index (χ0n) is 21.4. The summed E-state index contributed by atoms with van der Waals surface area (Å²) in [6.45, 7) is 2.42. The van der Waals surface area contributed by atoms with Crippen LogP contribution in [0.3, 0.4) is 0 Å². The molecule has 8 heteroatoms. The Morgan fingerprint density at radius 2 is 1.47 bits per heavy atom. The Morgan fingerprint density at radius 1 is 0.842 bits per heavy atom. The number of carbonyl (C=O) groups excluding carboxylic acids is 2. The van der Waals surface area contributed by atoms with Gasteiger partial charge in [-0.2, -0.15) is 0 Å². The third-order valence-corrected chi connectivity index (χ3v) is 6.28. The van der Waals surface area contributed by atoms with Crippen molar-refractivity contribution in [1.82, 2.24) is 10.2 Å². The van der Waals surface area contributed by atoms with Gasteiger partial charge in [0, 0.05) is 5.69 Å². The van der Waals surface area contributed by atoms with Gasteiger partial charge in [0.1, 0.15) is 23.4 Å². The minimum absolute atomic E-state index is 0.0399. The number of ether oxygens (including phenoxy) is 2. The number of likely N-dealkylation sites (tertiary alicyclic amines) is 1. The molecule has 38 heavy (non-hydrogen) atoms. The molecule has 0 radical (unpaired) electrons. The first kappa shape index (κ1) is 27.3. The maximum absolute atomic E-state index is 13.2. The largest absolute Gasteiger partial charge is 0.457 e. The molecule has 1 aliphatic heterocycles. The van der Waals surface area contributed by atoms with Crippen LogP contribution in [-0.4, -0.2) is 49.0 Å². The lowest BCUT2D eigenvalue weighted by Crippen LogP contribution is -2.49. The van der Waals surface area contributed by atoms with Gasteiger partial charge < -0.3 is 20.1 Å². The van der Waals surface area contributed by atoms with Crippen LogP contribution in [-0.2, 0) is 20.9 Å². The molecular formula is C30H34FN3O4. The second kappa shape index (κ2) is 14.3. The monoisotopic (exact) mass is 519 g/mol. The molecule has 0 bridgehead atoms. The van der Waals surface area contributed by atoms with Crippen LogP contribution < -0.4 is 15.4 Å². The standard InChI is InChI=1S/C30H34FN3O4/c31-24-10-14-26(15-11-24)38-27-16-12-25(13-17-27)32-30(36)28(22-37-21-23-8-4-3-5-9-23)33-29(35)20-34-18-6-1-2-7-19-34/h3-5,8-17,28H,1-2,6-7,18-22H2,(H,32,36)(H,33,35). The molecular weight excluding hydrogens is 485 g/mol. The lowest BCUT2D eigenvalue weighted by molar-refractivity contribution is -0.128. The van der Waals surface area contributed by atoms with Crippen LogP contribution in [0.2, 0.25) is 0 Å². The molecule has 1 aliphatic rings. The van der Waals surface area contributed by atoms with E-state index in [1.54, 1.807) is 36.4 Å². The summed E-state index contributed by atoms with van der Waals surface area (Å²) >= 11 is 0. The summed E-state index contributed by atoms with van der Waals surface area (Å²) in [5, 5.41) is 5.72. The Kier molecular flexibility index (Phi) is 10.2. The summed E-state index contributed by atoms with van der Waals surface area (Å²) in [6, 6.07) is 21.4. The normalized spacial score (nSPS) is 14.8. The van der Waals surface area contributed by atoms with Crippen molar-refractivity contribution in [1.29, 1.82) is 0 Å². The average molecular weight is 520 g/mol. The van der Waals surface area contributed by atoms with Crippen molar-refractivity contribution in [2.45, 2.75) is 38.3 Å². The molecule has 1 unspecified atom stereocenters. The van der Waals surface area contributed by atoms with Crippen LogP contribution in [0.25, 0.3) is 0 Å². The Bertz CT molecular complexity index is 1150. The molecule has 0 saturated carbocycles. The number of halogens is 1. The van der Waals surface area contributed by atoms with Gasteiger partial charge in [0.05, 0.1) is 19.8 Å². The highest BCUT2D eigenvalue weighted by molar-refractivity contribution is 5.97. The quantitative estimate of drug-likeness (QED) is 0.367. The molecule has 4 rings (SSSR count). The highest BCUT2D eigenvalue weighted by Gasteiger charge is 2.23. The predicted molar refractivity (Wildman–Crippen MR) is 144 cm³/mol. The van der Waals surface area contributed by atoms with E-state index in [1.165, 1.54) is 25.0 Å². The fourth-order valence-electron chi connectivity index (χ4n) is 4.26. The number of nitrogens with one attached hydrogen (secondary N) is 2. The minimum atomic E-state index is -0.853. The molecule has 1 heterocycles. The highest BCUT2D eigenvalue weighted by atomic mass is 19.1. The van der Waals surface area contributed by atoms with Crippen molar-refractivity contribution in [3.05, 3.63) is 90.2 Å². The molecule has 2 amide bonds. The molecule has 1 saturated heterocycles. The molecule has 1 fully saturated rings. The van der Waals surface area contributed by atoms with Crippen LogP contribution in [0, 0.1) is 5.82 Å². The van der Waals surface area contributed by atoms with Gasteiger partial charge in [-0.1, -0.05) is 43.2 Å². The van der Waals surface area contributed by atoms with E-state index in [0.29, 0.717) is 23.8 Å². The topological polar surface area (TPSA) is 79.9 Å². The van der Waals surface area contributed by atoms with E-state index in [1.807, 2.05) is 30.3 Å². The van der Waals surface area contributed by atoms with E-state index < -0.39 is 6.04 Å². The maximum atomic E-state index is 13.2. The van der Waals surface area contributed by atoms with Crippen LogP contribution >= 0.6 is 0 Å². The lowest BCUT2D eigenvalue weighted by Gasteiger charge is -2.22. The van der Waals surface area contributed by atoms with Gasteiger partial charge in [-0.15, -0.1) is 0 Å². The van der Waals surface area contributed by atoms with Crippen LogP contribution in [0.15, 0.2) is 78.9 Å². The van der Waals surface area contributed by atoms with E-state index in [2.05, 4.69) is 15.5 Å². The smallest absolute Gasteiger partial charge is 0.249 e. The maximum Gasteiger partial charge on any atom is 0.249 e. The summed E-state index contributed by atoms with van der Waals surface area (Å²) in [5.41, 5.74) is 1.54. The SMILES string of the molecule is O=C(CN1CCCCCC1)NC(COCc1ccccc1)C(=O)Nc1ccc(Oc2ccc(F)cc2)cc1. The number of amides is 2. The molecule has 200 valence electrons. The Morgan fingerprint density at radius 3 is 2.13 bits per heavy atom. The fourth-order valence-corrected chi connectivity index (χ4v) is 4.26. The van der Waals surface area contributed by atoms with Crippen LogP contribution in [0.1, 0.15) is 31.2 Å². The Balaban J connectivity index is 1.35. The van der Waals surface area contributed by atoms with Gasteiger partial charge in [-0.3, -0.25) is 14.5 Å². The molecule has 0 aliphatic carbocycles. The van der Waals surface area contributed by atoms with E-state index in [9.17, 15) is 14.0 Å². The third kappa shape index (κ3) is 8.97. The average Bonchev–Trinajstić information content (AvgIpc) is 3.19. The zero-order chi connectivity index (χ0) is 26.6. The zero-order valence-corrected chi connectivity index (χ0v) is 21.4. The van der Waals surface area contributed by atoms with Gasteiger partial charge in [0.2, 0.25) is 11.8 Å².